The molecule has 0 saturated heterocycles. The molecule has 0 saturated carbocycles. The minimum absolute atomic E-state index is 0.152. The zero-order chi connectivity index (χ0) is 75.9. The van der Waals surface area contributed by atoms with Crippen LogP contribution in [0, 0.1) is 0 Å². The largest absolute Gasteiger partial charge is 0.458 e. The van der Waals surface area contributed by atoms with Gasteiger partial charge in [0, 0.05) is 68.1 Å². The molecule has 6 heteroatoms. The number of rotatable bonds is 8. The molecule has 4 aliphatic heterocycles. The molecule has 506 valence electrons. The maximum absolute atomic E-state index is 9.19. The fourth-order valence-electron chi connectivity index (χ4n) is 17.7. The van der Waals surface area contributed by atoms with Crippen molar-refractivity contribution in [1.29, 1.82) is 0 Å². The third-order valence-electron chi connectivity index (χ3n) is 23.0. The quantitative estimate of drug-likeness (QED) is 0.141. The molecule has 0 unspecified atom stereocenters. The summed E-state index contributed by atoms with van der Waals surface area (Å²) in [5, 5.41) is 0. The Morgan fingerprint density at radius 1 is 0.314 bits per heavy atom. The van der Waals surface area contributed by atoms with Crippen molar-refractivity contribution in [1.82, 2.24) is 0 Å². The van der Waals surface area contributed by atoms with Gasteiger partial charge < -0.3 is 19.4 Å². The zero-order valence-electron chi connectivity index (χ0n) is 66.4. The lowest BCUT2D eigenvalue weighted by molar-refractivity contribution is 0.488. The Morgan fingerprint density at radius 2 is 0.800 bits per heavy atom. The summed E-state index contributed by atoms with van der Waals surface area (Å²) in [5.74, 6) is 1.52. The van der Waals surface area contributed by atoms with Crippen LogP contribution in [0.3, 0.4) is 0 Å². The lowest BCUT2D eigenvalue weighted by Gasteiger charge is -2.46. The van der Waals surface area contributed by atoms with E-state index in [1.54, 1.807) is 0 Å². The Bertz CT molecular complexity index is 6070. The van der Waals surface area contributed by atoms with E-state index < -0.39 is 6.04 Å². The van der Waals surface area contributed by atoms with Gasteiger partial charge in [0.15, 0.2) is 0 Å². The highest BCUT2D eigenvalue weighted by Gasteiger charge is 2.49. The van der Waals surface area contributed by atoms with E-state index in [2.05, 4.69) is 352 Å². The summed E-state index contributed by atoms with van der Waals surface area (Å²) in [6.45, 7) is 24.9. The normalized spacial score (nSPS) is 14.8. The second-order valence-corrected chi connectivity index (χ2v) is 32.9. The van der Waals surface area contributed by atoms with Crippen molar-refractivity contribution in [3.05, 3.63) is 331 Å². The number of ether oxygens (including phenoxy) is 1. The van der Waals surface area contributed by atoms with Gasteiger partial charge in [-0.3, -0.25) is 0 Å². The van der Waals surface area contributed by atoms with Crippen molar-refractivity contribution < 1.29 is 11.6 Å². The first-order chi connectivity index (χ1) is 52.8. The zero-order valence-corrected chi connectivity index (χ0v) is 61.4. The average molecular weight is 1360 g/mol. The van der Waals surface area contributed by atoms with Gasteiger partial charge in [-0.15, -0.1) is 0 Å². The molecule has 0 aromatic heterocycles. The van der Waals surface area contributed by atoms with Gasteiger partial charge in [-0.1, -0.05) is 300 Å². The molecule has 14 aromatic carbocycles. The molecule has 0 fully saturated rings. The first kappa shape index (κ1) is 58.9. The van der Waals surface area contributed by atoms with Gasteiger partial charge in [0.05, 0.1) is 12.5 Å². The molecule has 1 aliphatic carbocycles. The van der Waals surface area contributed by atoms with Gasteiger partial charge in [-0.2, -0.15) is 0 Å². The van der Waals surface area contributed by atoms with E-state index in [4.69, 9.17) is 8.85 Å². The van der Waals surface area contributed by atoms with E-state index >= 15 is 0 Å². The van der Waals surface area contributed by atoms with Gasteiger partial charge in [0.2, 0.25) is 0 Å². The first-order valence-electron chi connectivity index (χ1n) is 39.5. The van der Waals surface area contributed by atoms with Crippen molar-refractivity contribution in [2.24, 2.45) is 0 Å². The molecule has 0 amide bonds. The van der Waals surface area contributed by atoms with E-state index in [1.807, 2.05) is 12.1 Å². The number of para-hydroxylation sites is 3. The fourth-order valence-corrected chi connectivity index (χ4v) is 17.7. The Balaban J connectivity index is 0.916. The number of anilines is 9. The van der Waals surface area contributed by atoms with Crippen LogP contribution in [0.1, 0.15) is 111 Å². The molecule has 5 aliphatic rings. The maximum Gasteiger partial charge on any atom is 0.256 e. The Labute approximate surface area is 627 Å². The van der Waals surface area contributed by atoms with Gasteiger partial charge in [-0.25, -0.2) is 0 Å². The highest BCUT2D eigenvalue weighted by Crippen LogP contribution is 2.56. The van der Waals surface area contributed by atoms with E-state index in [0.717, 1.165) is 135 Å². The van der Waals surface area contributed by atoms with Crippen molar-refractivity contribution in [2.45, 2.75) is 97.8 Å². The summed E-state index contributed by atoms with van der Waals surface area (Å²) in [6.07, 6.45) is 0. The van der Waals surface area contributed by atoms with Crippen LogP contribution in [-0.2, 0) is 21.7 Å². The second kappa shape index (κ2) is 23.7. The van der Waals surface area contributed by atoms with Crippen molar-refractivity contribution in [2.75, 3.05) is 14.7 Å². The van der Waals surface area contributed by atoms with Crippen LogP contribution in [0.15, 0.2) is 303 Å². The van der Waals surface area contributed by atoms with E-state index in [9.17, 15) is 2.74 Å². The Hall–Kier alpha value is -11.6. The molecular formula is C99H83B2N3O. The van der Waals surface area contributed by atoms with Crippen molar-refractivity contribution >= 4 is 97.4 Å². The van der Waals surface area contributed by atoms with Crippen LogP contribution in [0.25, 0.3) is 66.8 Å². The molecule has 14 aromatic rings. The monoisotopic (exact) mass is 1360 g/mol. The van der Waals surface area contributed by atoms with Crippen LogP contribution in [0.4, 0.5) is 51.2 Å². The highest BCUT2D eigenvalue weighted by atomic mass is 16.5. The van der Waals surface area contributed by atoms with E-state index in [0.29, 0.717) is 5.56 Å². The molecule has 0 radical (unpaired) electrons. The molecule has 0 atom stereocenters. The second-order valence-electron chi connectivity index (χ2n) is 32.9. The minimum atomic E-state index is -0.424. The Morgan fingerprint density at radius 3 is 1.42 bits per heavy atom. The smallest absolute Gasteiger partial charge is 0.256 e. The van der Waals surface area contributed by atoms with Gasteiger partial charge in [0.25, 0.3) is 13.4 Å². The van der Waals surface area contributed by atoms with Gasteiger partial charge in [-0.05, 0) is 205 Å². The highest BCUT2D eigenvalue weighted by molar-refractivity contribution is 7.02. The van der Waals surface area contributed by atoms with Crippen LogP contribution >= 0.6 is 0 Å². The van der Waals surface area contributed by atoms with Crippen molar-refractivity contribution in [3.63, 3.8) is 0 Å². The Kier molecular flexibility index (Phi) is 13.3. The summed E-state index contributed by atoms with van der Waals surface area (Å²) in [4.78, 5) is 7.47. The number of hydrogen-bond donors (Lipinski definition) is 0. The molecule has 0 spiro atoms. The summed E-state index contributed by atoms with van der Waals surface area (Å²) >= 11 is 0. The summed E-state index contributed by atoms with van der Waals surface area (Å²) in [7, 11) is 0. The lowest BCUT2D eigenvalue weighted by atomic mass is 9.30. The third kappa shape index (κ3) is 10.3. The standard InChI is InChI=1S/C99H83B2N3O/c1-96(2,3)69-51-66(52-70(57-69)97(4,5)6)67-53-87-93-88(54-67)103(73-49-47-63(48-50-73)62-31-16-12-17-32-62)86-61-90-83(60-82(86)100(93)80-43-26-28-45-84(80)102(87)72-37-22-15-23-38-72)101-81-44-27-29-46-85(81)104(95-77(64-33-18-13-19-34-64)58-71(98(7,8)9)59-78(95)65-35-20-14-21-36-65)89-55-68(56-91(105-90)94(89)101)74-40-30-41-76-75-39-24-25-42-79(75)99(10,11)92(74)76/h12-61H,1-11H3/i12D,16D,17D,31D,32D. The summed E-state index contributed by atoms with van der Waals surface area (Å²) < 4.78 is 52.6. The number of fused-ring (bicyclic) bond motifs is 11. The van der Waals surface area contributed by atoms with Gasteiger partial charge >= 0.3 is 0 Å². The minimum Gasteiger partial charge on any atom is -0.458 e. The van der Waals surface area contributed by atoms with Crippen molar-refractivity contribution in [3.8, 4) is 78.3 Å². The average Bonchev–Trinajstić information content (AvgIpc) is 0.801. The predicted octanol–water partition coefficient (Wildman–Crippen LogP) is 22.7. The maximum atomic E-state index is 9.19. The first-order valence-corrected chi connectivity index (χ1v) is 37.0. The van der Waals surface area contributed by atoms with Crippen LogP contribution in [0.2, 0.25) is 0 Å². The number of benzene rings is 14. The molecule has 4 nitrogen and oxygen atoms in total. The summed E-state index contributed by atoms with van der Waals surface area (Å²) in [5.41, 5.74) is 33.3. The third-order valence-corrected chi connectivity index (χ3v) is 23.0. The molecular weight excluding hydrogens is 1270 g/mol. The SMILES string of the molecule is [2H]c1c([2H])c([2H])c(-c2ccc(N3c4cc5c(cc4B4c6ccccc6N(c6ccccc6)c6cc(-c7cc(C(C)(C)C)cc(C(C)(C)C)c7)cc3c64)B3c4ccccc4N(c4c(-c6ccccc6)cc(C(C)(C)C)cc4-c4ccccc4)c4cc(-c6cccc7c6C(C)(C)c6ccccc6-7)cc(c43)O5)cc2)c([2H])c1[2H]. The van der Waals surface area contributed by atoms with E-state index in [-0.39, 0.29) is 64.8 Å². The van der Waals surface area contributed by atoms with Crippen LogP contribution in [0.5, 0.6) is 11.5 Å². The topological polar surface area (TPSA) is 19.0 Å². The van der Waals surface area contributed by atoms with Crippen LogP contribution < -0.4 is 52.2 Å². The lowest BCUT2D eigenvalue weighted by Crippen LogP contribution is -2.64. The molecule has 0 N–H and O–H groups in total. The molecule has 105 heavy (non-hydrogen) atoms. The van der Waals surface area contributed by atoms with Gasteiger partial charge in [0.1, 0.15) is 11.5 Å². The van der Waals surface area contributed by atoms with E-state index in [1.165, 1.54) is 44.4 Å². The predicted molar refractivity (Wildman–Crippen MR) is 447 cm³/mol. The molecule has 19 rings (SSSR count). The van der Waals surface area contributed by atoms with Crippen LogP contribution in [-0.4, -0.2) is 13.4 Å². The summed E-state index contributed by atoms with van der Waals surface area (Å²) in [6, 6.07) is 99.4. The number of nitrogens with zero attached hydrogens (tertiary/aromatic N) is 3. The fraction of sp³-hybridized carbons (Fsp3) is 0.152. The molecule has 4 heterocycles. The molecule has 0 bridgehead atoms. The number of hydrogen-bond acceptors (Lipinski definition) is 4.